The molecule has 1 N–H and O–H groups in total. The molecule has 0 amide bonds. The van der Waals surface area contributed by atoms with Crippen molar-refractivity contribution in [3.63, 3.8) is 0 Å². The molecule has 0 aliphatic carbocycles. The maximum absolute atomic E-state index is 3.80. The second-order valence-electron chi connectivity index (χ2n) is 6.07. The van der Waals surface area contributed by atoms with Crippen molar-refractivity contribution in [2.75, 3.05) is 19.3 Å². The van der Waals surface area contributed by atoms with Crippen molar-refractivity contribution in [2.45, 2.75) is 56.6 Å². The Morgan fingerprint density at radius 2 is 1.70 bits per heavy atom. The Hall–Kier alpha value is -0.510. The molecule has 1 unspecified atom stereocenters. The number of piperidine rings is 1. The Kier molecular flexibility index (Phi) is 5.94. The van der Waals surface area contributed by atoms with Crippen molar-refractivity contribution >= 4 is 11.8 Å². The standard InChI is InChI=1S/C17H28N2S/c1-13(2)19-11-9-16(10-12-19)18-14(3)15-5-7-17(20-4)8-6-15/h5-8,13-14,16,18H,9-12H2,1-4H3. The van der Waals surface area contributed by atoms with Gasteiger partial charge in [-0.1, -0.05) is 12.1 Å². The summed E-state index contributed by atoms with van der Waals surface area (Å²) in [7, 11) is 0. The maximum atomic E-state index is 3.80. The molecule has 2 rings (SSSR count). The fourth-order valence-electron chi connectivity index (χ4n) is 2.92. The lowest BCUT2D eigenvalue weighted by Crippen LogP contribution is -2.45. The van der Waals surface area contributed by atoms with Crippen LogP contribution in [-0.4, -0.2) is 36.3 Å². The highest BCUT2D eigenvalue weighted by molar-refractivity contribution is 7.98. The van der Waals surface area contributed by atoms with E-state index in [4.69, 9.17) is 0 Å². The molecule has 1 aliphatic rings. The minimum absolute atomic E-state index is 0.446. The molecule has 0 aromatic heterocycles. The van der Waals surface area contributed by atoms with Crippen LogP contribution < -0.4 is 5.32 Å². The zero-order valence-electron chi connectivity index (χ0n) is 13.2. The summed E-state index contributed by atoms with van der Waals surface area (Å²) in [5, 5.41) is 3.80. The normalized spacial score (nSPS) is 19.4. The smallest absolute Gasteiger partial charge is 0.0294 e. The van der Waals surface area contributed by atoms with E-state index < -0.39 is 0 Å². The number of nitrogens with zero attached hydrogens (tertiary/aromatic N) is 1. The highest BCUT2D eigenvalue weighted by Gasteiger charge is 2.21. The molecular weight excluding hydrogens is 264 g/mol. The molecule has 1 saturated heterocycles. The SMILES string of the molecule is CSc1ccc(C(C)NC2CCN(C(C)C)CC2)cc1. The Morgan fingerprint density at radius 1 is 1.10 bits per heavy atom. The van der Waals surface area contributed by atoms with Crippen LogP contribution in [0.5, 0.6) is 0 Å². The van der Waals surface area contributed by atoms with E-state index >= 15 is 0 Å². The number of nitrogens with one attached hydrogen (secondary N) is 1. The number of hydrogen-bond donors (Lipinski definition) is 1. The number of likely N-dealkylation sites (tertiary alicyclic amines) is 1. The molecule has 1 aromatic carbocycles. The van der Waals surface area contributed by atoms with Crippen LogP contribution in [0.25, 0.3) is 0 Å². The fourth-order valence-corrected chi connectivity index (χ4v) is 3.33. The highest BCUT2D eigenvalue weighted by Crippen LogP contribution is 2.21. The summed E-state index contributed by atoms with van der Waals surface area (Å²) < 4.78 is 0. The predicted octanol–water partition coefficient (Wildman–Crippen LogP) is 3.93. The minimum atomic E-state index is 0.446. The van der Waals surface area contributed by atoms with E-state index in [0.717, 1.165) is 0 Å². The Morgan fingerprint density at radius 3 is 2.20 bits per heavy atom. The molecule has 20 heavy (non-hydrogen) atoms. The van der Waals surface area contributed by atoms with Crippen LogP contribution in [0.4, 0.5) is 0 Å². The summed E-state index contributed by atoms with van der Waals surface area (Å²) in [4.78, 5) is 3.92. The van der Waals surface area contributed by atoms with Gasteiger partial charge in [0, 0.05) is 23.0 Å². The van der Waals surface area contributed by atoms with Crippen molar-refractivity contribution in [1.29, 1.82) is 0 Å². The monoisotopic (exact) mass is 292 g/mol. The molecule has 3 heteroatoms. The van der Waals surface area contributed by atoms with Gasteiger partial charge in [-0.05, 0) is 70.7 Å². The first-order valence-electron chi connectivity index (χ1n) is 7.74. The predicted molar refractivity (Wildman–Crippen MR) is 89.5 cm³/mol. The molecule has 112 valence electrons. The molecule has 1 aromatic rings. The van der Waals surface area contributed by atoms with Crippen LogP contribution in [-0.2, 0) is 0 Å². The third kappa shape index (κ3) is 4.24. The van der Waals surface area contributed by atoms with Gasteiger partial charge in [0.15, 0.2) is 0 Å². The number of benzene rings is 1. The first-order valence-corrected chi connectivity index (χ1v) is 8.96. The molecule has 2 nitrogen and oxygen atoms in total. The summed E-state index contributed by atoms with van der Waals surface area (Å²) in [6.45, 7) is 9.33. The van der Waals surface area contributed by atoms with Crippen LogP contribution in [0.1, 0.15) is 45.2 Å². The molecule has 0 bridgehead atoms. The summed E-state index contributed by atoms with van der Waals surface area (Å²) in [6, 6.07) is 10.8. The van der Waals surface area contributed by atoms with E-state index in [-0.39, 0.29) is 0 Å². The zero-order chi connectivity index (χ0) is 14.5. The number of hydrogen-bond acceptors (Lipinski definition) is 3. The topological polar surface area (TPSA) is 15.3 Å². The van der Waals surface area contributed by atoms with Gasteiger partial charge >= 0.3 is 0 Å². The van der Waals surface area contributed by atoms with Gasteiger partial charge in [0.2, 0.25) is 0 Å². The van der Waals surface area contributed by atoms with Gasteiger partial charge < -0.3 is 10.2 Å². The molecule has 1 heterocycles. The Balaban J connectivity index is 1.84. The van der Waals surface area contributed by atoms with Gasteiger partial charge in [0.25, 0.3) is 0 Å². The third-order valence-electron chi connectivity index (χ3n) is 4.36. The van der Waals surface area contributed by atoms with Gasteiger partial charge in [-0.3, -0.25) is 0 Å². The van der Waals surface area contributed by atoms with Crippen LogP contribution in [0.15, 0.2) is 29.2 Å². The van der Waals surface area contributed by atoms with Crippen molar-refractivity contribution in [2.24, 2.45) is 0 Å². The van der Waals surface area contributed by atoms with Gasteiger partial charge in [0.1, 0.15) is 0 Å². The van der Waals surface area contributed by atoms with E-state index in [1.807, 2.05) is 0 Å². The molecule has 0 radical (unpaired) electrons. The zero-order valence-corrected chi connectivity index (χ0v) is 14.0. The van der Waals surface area contributed by atoms with Crippen LogP contribution in [0, 0.1) is 0 Å². The van der Waals surface area contributed by atoms with E-state index in [9.17, 15) is 0 Å². The lowest BCUT2D eigenvalue weighted by molar-refractivity contribution is 0.157. The Bertz CT molecular complexity index is 394. The van der Waals surface area contributed by atoms with Crippen LogP contribution in [0.3, 0.4) is 0 Å². The van der Waals surface area contributed by atoms with E-state index in [0.29, 0.717) is 18.1 Å². The second kappa shape index (κ2) is 7.48. The maximum Gasteiger partial charge on any atom is 0.0294 e. The van der Waals surface area contributed by atoms with Crippen molar-refractivity contribution < 1.29 is 0 Å². The molecule has 0 spiro atoms. The van der Waals surface area contributed by atoms with Gasteiger partial charge in [-0.25, -0.2) is 0 Å². The lowest BCUT2D eigenvalue weighted by Gasteiger charge is -2.36. The molecule has 1 fully saturated rings. The summed E-state index contributed by atoms with van der Waals surface area (Å²) in [6.07, 6.45) is 4.66. The average molecular weight is 292 g/mol. The number of rotatable bonds is 5. The molecule has 1 atom stereocenters. The first kappa shape index (κ1) is 15.9. The fraction of sp³-hybridized carbons (Fsp3) is 0.647. The third-order valence-corrected chi connectivity index (χ3v) is 5.10. The molecule has 0 saturated carbocycles. The lowest BCUT2D eigenvalue weighted by atomic mass is 10.0. The van der Waals surface area contributed by atoms with E-state index in [1.165, 1.54) is 36.4 Å². The van der Waals surface area contributed by atoms with Crippen molar-refractivity contribution in [1.82, 2.24) is 10.2 Å². The Labute approximate surface area is 128 Å². The van der Waals surface area contributed by atoms with Gasteiger partial charge in [0.05, 0.1) is 0 Å². The molecule has 1 aliphatic heterocycles. The minimum Gasteiger partial charge on any atom is -0.307 e. The largest absolute Gasteiger partial charge is 0.307 e. The highest BCUT2D eigenvalue weighted by atomic mass is 32.2. The average Bonchev–Trinajstić information content (AvgIpc) is 2.48. The van der Waals surface area contributed by atoms with E-state index in [1.54, 1.807) is 11.8 Å². The van der Waals surface area contributed by atoms with Crippen molar-refractivity contribution in [3.8, 4) is 0 Å². The second-order valence-corrected chi connectivity index (χ2v) is 6.95. The summed E-state index contributed by atoms with van der Waals surface area (Å²) >= 11 is 1.80. The first-order chi connectivity index (χ1) is 9.60. The van der Waals surface area contributed by atoms with Gasteiger partial charge in [-0.2, -0.15) is 0 Å². The van der Waals surface area contributed by atoms with Crippen LogP contribution >= 0.6 is 11.8 Å². The number of thioether (sulfide) groups is 1. The summed E-state index contributed by atoms with van der Waals surface area (Å²) in [5.41, 5.74) is 1.40. The molecular formula is C17H28N2S. The van der Waals surface area contributed by atoms with E-state index in [2.05, 4.69) is 61.5 Å². The van der Waals surface area contributed by atoms with Gasteiger partial charge in [-0.15, -0.1) is 11.8 Å². The summed E-state index contributed by atoms with van der Waals surface area (Å²) in [5.74, 6) is 0. The van der Waals surface area contributed by atoms with Crippen molar-refractivity contribution in [3.05, 3.63) is 29.8 Å². The quantitative estimate of drug-likeness (QED) is 0.828. The van der Waals surface area contributed by atoms with Crippen LogP contribution in [0.2, 0.25) is 0 Å².